The normalized spacial score (nSPS) is 14.8. The Kier molecular flexibility index (Phi) is 8.10. The van der Waals surface area contributed by atoms with Gasteiger partial charge in [0.2, 0.25) is 5.91 Å². The van der Waals surface area contributed by atoms with Crippen LogP contribution in [-0.4, -0.2) is 35.4 Å². The standard InChI is InChI=1S/C26H34N2O3/c1-4-24(26(30)27-22-12-8-9-13-22)28(17-21-10-6-5-7-11-21)25(29)18-31-23-15-14-19(2)20(3)16-23/h5-7,10-11,14-16,22,24H,4,8-9,12-13,17-18H2,1-3H3,(H,27,30)/t24-/m1/s1. The van der Waals surface area contributed by atoms with Gasteiger partial charge in [0, 0.05) is 12.6 Å². The minimum absolute atomic E-state index is 0.0649. The lowest BCUT2D eigenvalue weighted by Gasteiger charge is -2.31. The average Bonchev–Trinajstić information content (AvgIpc) is 3.28. The molecule has 2 amide bonds. The number of nitrogens with one attached hydrogen (secondary N) is 1. The van der Waals surface area contributed by atoms with Crippen molar-refractivity contribution in [1.29, 1.82) is 0 Å². The van der Waals surface area contributed by atoms with Crippen molar-refractivity contribution >= 4 is 11.8 Å². The van der Waals surface area contributed by atoms with E-state index in [0.29, 0.717) is 18.7 Å². The summed E-state index contributed by atoms with van der Waals surface area (Å²) in [4.78, 5) is 28.0. The molecule has 166 valence electrons. The van der Waals surface area contributed by atoms with Crippen molar-refractivity contribution in [2.45, 2.75) is 71.5 Å². The van der Waals surface area contributed by atoms with Crippen molar-refractivity contribution in [3.8, 4) is 5.75 Å². The van der Waals surface area contributed by atoms with Crippen LogP contribution in [0.15, 0.2) is 48.5 Å². The Labute approximate surface area is 185 Å². The largest absolute Gasteiger partial charge is 0.484 e. The quantitative estimate of drug-likeness (QED) is 0.645. The molecule has 1 saturated carbocycles. The number of amides is 2. The summed E-state index contributed by atoms with van der Waals surface area (Å²) < 4.78 is 5.81. The van der Waals surface area contributed by atoms with Gasteiger partial charge in [0.15, 0.2) is 6.61 Å². The molecule has 1 atom stereocenters. The van der Waals surface area contributed by atoms with Gasteiger partial charge in [0.05, 0.1) is 0 Å². The van der Waals surface area contributed by atoms with E-state index in [1.165, 1.54) is 5.56 Å². The molecule has 5 nitrogen and oxygen atoms in total. The maximum atomic E-state index is 13.2. The third-order valence-corrected chi connectivity index (χ3v) is 6.12. The van der Waals surface area contributed by atoms with E-state index < -0.39 is 6.04 Å². The summed E-state index contributed by atoms with van der Waals surface area (Å²) in [6.45, 7) is 6.30. The lowest BCUT2D eigenvalue weighted by Crippen LogP contribution is -2.52. The molecule has 1 aliphatic carbocycles. The summed E-state index contributed by atoms with van der Waals surface area (Å²) in [7, 11) is 0. The van der Waals surface area contributed by atoms with E-state index >= 15 is 0 Å². The van der Waals surface area contributed by atoms with Crippen LogP contribution >= 0.6 is 0 Å². The summed E-state index contributed by atoms with van der Waals surface area (Å²) in [6, 6.07) is 15.3. The summed E-state index contributed by atoms with van der Waals surface area (Å²) >= 11 is 0. The SMILES string of the molecule is CC[C@H](C(=O)NC1CCCC1)N(Cc1ccccc1)C(=O)COc1ccc(C)c(C)c1. The number of nitrogens with zero attached hydrogens (tertiary/aromatic N) is 1. The highest BCUT2D eigenvalue weighted by Gasteiger charge is 2.30. The molecular weight excluding hydrogens is 388 g/mol. The first kappa shape index (κ1) is 22.9. The molecule has 0 saturated heterocycles. The molecule has 0 unspecified atom stereocenters. The van der Waals surface area contributed by atoms with E-state index in [1.807, 2.05) is 69.3 Å². The molecule has 5 heteroatoms. The van der Waals surface area contributed by atoms with Crippen LogP contribution in [0.1, 0.15) is 55.7 Å². The molecule has 2 aromatic rings. The van der Waals surface area contributed by atoms with Gasteiger partial charge in [0.1, 0.15) is 11.8 Å². The molecule has 1 aliphatic rings. The first-order valence-electron chi connectivity index (χ1n) is 11.3. The Morgan fingerprint density at radius 3 is 2.42 bits per heavy atom. The number of hydrogen-bond donors (Lipinski definition) is 1. The Balaban J connectivity index is 1.73. The fourth-order valence-corrected chi connectivity index (χ4v) is 4.10. The molecule has 0 bridgehead atoms. The second-order valence-electron chi connectivity index (χ2n) is 8.46. The number of ether oxygens (including phenoxy) is 1. The van der Waals surface area contributed by atoms with Gasteiger partial charge in [0.25, 0.3) is 5.91 Å². The molecule has 2 aromatic carbocycles. The number of aryl methyl sites for hydroxylation is 2. The summed E-state index contributed by atoms with van der Waals surface area (Å²) in [5.74, 6) is 0.417. The van der Waals surface area contributed by atoms with Crippen LogP contribution in [-0.2, 0) is 16.1 Å². The van der Waals surface area contributed by atoms with E-state index in [4.69, 9.17) is 4.74 Å². The Bertz CT molecular complexity index is 875. The summed E-state index contributed by atoms with van der Waals surface area (Å²) in [6.07, 6.45) is 4.90. The topological polar surface area (TPSA) is 58.6 Å². The van der Waals surface area contributed by atoms with Crippen molar-refractivity contribution in [1.82, 2.24) is 10.2 Å². The van der Waals surface area contributed by atoms with Gasteiger partial charge in [-0.1, -0.05) is 56.2 Å². The minimum atomic E-state index is -0.517. The fraction of sp³-hybridized carbons (Fsp3) is 0.462. The van der Waals surface area contributed by atoms with Gasteiger partial charge in [-0.3, -0.25) is 9.59 Å². The maximum absolute atomic E-state index is 13.2. The Morgan fingerprint density at radius 1 is 1.06 bits per heavy atom. The molecule has 31 heavy (non-hydrogen) atoms. The van der Waals surface area contributed by atoms with E-state index in [1.54, 1.807) is 4.90 Å². The van der Waals surface area contributed by atoms with Crippen LogP contribution in [0.25, 0.3) is 0 Å². The molecule has 0 aromatic heterocycles. The molecule has 0 radical (unpaired) electrons. The number of benzene rings is 2. The van der Waals surface area contributed by atoms with Crippen LogP contribution < -0.4 is 10.1 Å². The van der Waals surface area contributed by atoms with Gasteiger partial charge < -0.3 is 15.0 Å². The molecule has 1 N–H and O–H groups in total. The van der Waals surface area contributed by atoms with Crippen LogP contribution in [0.3, 0.4) is 0 Å². The van der Waals surface area contributed by atoms with Crippen LogP contribution in [0.5, 0.6) is 5.75 Å². The van der Waals surface area contributed by atoms with Gasteiger partial charge in [-0.25, -0.2) is 0 Å². The van der Waals surface area contributed by atoms with Crippen LogP contribution in [0, 0.1) is 13.8 Å². The zero-order valence-electron chi connectivity index (χ0n) is 18.9. The fourth-order valence-electron chi connectivity index (χ4n) is 4.10. The average molecular weight is 423 g/mol. The molecular formula is C26H34N2O3. The molecule has 0 aliphatic heterocycles. The van der Waals surface area contributed by atoms with Crippen LogP contribution in [0.4, 0.5) is 0 Å². The highest BCUT2D eigenvalue weighted by atomic mass is 16.5. The number of hydrogen-bond acceptors (Lipinski definition) is 3. The number of rotatable bonds is 9. The number of carbonyl (C=O) groups is 2. The zero-order valence-corrected chi connectivity index (χ0v) is 18.9. The lowest BCUT2D eigenvalue weighted by atomic mass is 10.1. The van der Waals surface area contributed by atoms with Gasteiger partial charge >= 0.3 is 0 Å². The van der Waals surface area contributed by atoms with Crippen molar-refractivity contribution in [2.24, 2.45) is 0 Å². The molecule has 0 heterocycles. The van der Waals surface area contributed by atoms with Crippen molar-refractivity contribution in [2.75, 3.05) is 6.61 Å². The Morgan fingerprint density at radius 2 is 1.77 bits per heavy atom. The van der Waals surface area contributed by atoms with Gasteiger partial charge in [-0.15, -0.1) is 0 Å². The maximum Gasteiger partial charge on any atom is 0.261 e. The van der Waals surface area contributed by atoms with Gasteiger partial charge in [-0.2, -0.15) is 0 Å². The summed E-state index contributed by atoms with van der Waals surface area (Å²) in [5.41, 5.74) is 3.29. The third-order valence-electron chi connectivity index (χ3n) is 6.12. The van der Waals surface area contributed by atoms with Crippen molar-refractivity contribution in [3.05, 3.63) is 65.2 Å². The lowest BCUT2D eigenvalue weighted by molar-refractivity contribution is -0.143. The summed E-state index contributed by atoms with van der Waals surface area (Å²) in [5, 5.41) is 3.16. The minimum Gasteiger partial charge on any atom is -0.484 e. The highest BCUT2D eigenvalue weighted by Crippen LogP contribution is 2.20. The van der Waals surface area contributed by atoms with Crippen LogP contribution in [0.2, 0.25) is 0 Å². The smallest absolute Gasteiger partial charge is 0.261 e. The van der Waals surface area contributed by atoms with E-state index in [2.05, 4.69) is 5.32 Å². The van der Waals surface area contributed by atoms with Gasteiger partial charge in [-0.05, 0) is 61.9 Å². The second kappa shape index (κ2) is 11.0. The molecule has 1 fully saturated rings. The van der Waals surface area contributed by atoms with Crippen molar-refractivity contribution in [3.63, 3.8) is 0 Å². The molecule has 3 rings (SSSR count). The second-order valence-corrected chi connectivity index (χ2v) is 8.46. The monoisotopic (exact) mass is 422 g/mol. The third kappa shape index (κ3) is 6.33. The van der Waals surface area contributed by atoms with Crippen molar-refractivity contribution < 1.29 is 14.3 Å². The number of carbonyl (C=O) groups excluding carboxylic acids is 2. The first-order valence-corrected chi connectivity index (χ1v) is 11.3. The first-order chi connectivity index (χ1) is 15.0. The predicted molar refractivity (Wildman–Crippen MR) is 123 cm³/mol. The predicted octanol–water partition coefficient (Wildman–Crippen LogP) is 4.55. The zero-order chi connectivity index (χ0) is 22.2. The van der Waals surface area contributed by atoms with E-state index in [9.17, 15) is 9.59 Å². The Hall–Kier alpha value is -2.82. The highest BCUT2D eigenvalue weighted by molar-refractivity contribution is 5.88. The van der Waals surface area contributed by atoms with E-state index in [-0.39, 0.29) is 24.5 Å². The molecule has 0 spiro atoms. The van der Waals surface area contributed by atoms with E-state index in [0.717, 1.165) is 36.8 Å².